The number of aliphatic hydroxyl groups is 2. The monoisotopic (exact) mass is 294 g/mol. The molecule has 0 saturated carbocycles. The molecule has 1 aromatic carbocycles. The SMILES string of the molecule is CC(C)(CO)C(O)c1ccccc1.OP(O)(O)=S. The average molecular weight is 294 g/mol. The van der Waals surface area contributed by atoms with Crippen LogP contribution in [0.4, 0.5) is 0 Å². The Labute approximate surface area is 112 Å². The maximum Gasteiger partial charge on any atom is 0.319 e. The highest BCUT2D eigenvalue weighted by Crippen LogP contribution is 2.32. The Morgan fingerprint density at radius 3 is 1.89 bits per heavy atom. The topological polar surface area (TPSA) is 101 Å². The molecule has 18 heavy (non-hydrogen) atoms. The van der Waals surface area contributed by atoms with Crippen LogP contribution in [0.15, 0.2) is 30.3 Å². The number of hydrogen-bond acceptors (Lipinski definition) is 3. The van der Waals surface area contributed by atoms with E-state index in [-0.39, 0.29) is 6.61 Å². The lowest BCUT2D eigenvalue weighted by Crippen LogP contribution is -2.25. The predicted octanol–water partition coefficient (Wildman–Crippen LogP) is 0.926. The molecule has 0 saturated heterocycles. The second-order valence-corrected chi connectivity index (χ2v) is 6.97. The normalized spacial score (nSPS) is 13.5. The fraction of sp³-hybridized carbons (Fsp3) is 0.455. The first-order valence-electron chi connectivity index (χ1n) is 5.20. The van der Waals surface area contributed by atoms with Gasteiger partial charge in [-0.2, -0.15) is 0 Å². The van der Waals surface area contributed by atoms with Crippen LogP contribution in [0.3, 0.4) is 0 Å². The summed E-state index contributed by atoms with van der Waals surface area (Å²) >= 11 is 3.60. The summed E-state index contributed by atoms with van der Waals surface area (Å²) in [5.74, 6) is 0. The minimum absolute atomic E-state index is 0.0247. The van der Waals surface area contributed by atoms with Crippen molar-refractivity contribution >= 4 is 18.5 Å². The summed E-state index contributed by atoms with van der Waals surface area (Å²) < 4.78 is 0. The molecule has 0 aliphatic rings. The van der Waals surface area contributed by atoms with Crippen LogP contribution in [0.2, 0.25) is 0 Å². The van der Waals surface area contributed by atoms with Crippen LogP contribution in [0.5, 0.6) is 0 Å². The van der Waals surface area contributed by atoms with Crippen molar-refractivity contribution in [2.24, 2.45) is 5.41 Å². The zero-order valence-electron chi connectivity index (χ0n) is 10.3. The number of aliphatic hydroxyl groups excluding tert-OH is 2. The molecule has 0 amide bonds. The maximum atomic E-state index is 9.89. The van der Waals surface area contributed by atoms with Gasteiger partial charge in [0.15, 0.2) is 0 Å². The van der Waals surface area contributed by atoms with Crippen molar-refractivity contribution in [3.8, 4) is 0 Å². The summed E-state index contributed by atoms with van der Waals surface area (Å²) in [6.45, 7) is -0.154. The summed E-state index contributed by atoms with van der Waals surface area (Å²) in [7, 11) is 0. The van der Waals surface area contributed by atoms with Gasteiger partial charge in [0.1, 0.15) is 0 Å². The minimum atomic E-state index is -3.81. The van der Waals surface area contributed by atoms with Crippen LogP contribution in [-0.2, 0) is 11.8 Å². The molecule has 104 valence electrons. The third kappa shape index (κ3) is 7.89. The Balaban J connectivity index is 0.000000494. The minimum Gasteiger partial charge on any atom is -0.396 e. The molecule has 0 radical (unpaired) electrons. The number of hydrogen-bond donors (Lipinski definition) is 5. The quantitative estimate of drug-likeness (QED) is 0.532. The average Bonchev–Trinajstić information content (AvgIpc) is 2.27. The molecule has 1 atom stereocenters. The number of benzene rings is 1. The van der Waals surface area contributed by atoms with Gasteiger partial charge in [0, 0.05) is 5.41 Å². The van der Waals surface area contributed by atoms with Crippen molar-refractivity contribution in [1.82, 2.24) is 0 Å². The Morgan fingerprint density at radius 1 is 1.17 bits per heavy atom. The fourth-order valence-electron chi connectivity index (χ4n) is 1.17. The van der Waals surface area contributed by atoms with Crippen molar-refractivity contribution in [2.75, 3.05) is 6.61 Å². The van der Waals surface area contributed by atoms with E-state index in [9.17, 15) is 5.11 Å². The largest absolute Gasteiger partial charge is 0.396 e. The Bertz CT molecular complexity index is 381. The lowest BCUT2D eigenvalue weighted by Gasteiger charge is -2.28. The van der Waals surface area contributed by atoms with E-state index in [2.05, 4.69) is 11.8 Å². The molecule has 0 aliphatic carbocycles. The highest BCUT2D eigenvalue weighted by molar-refractivity contribution is 8.06. The molecule has 1 rings (SSSR count). The summed E-state index contributed by atoms with van der Waals surface area (Å²) in [5.41, 5.74) is 0.364. The molecule has 0 aliphatic heterocycles. The van der Waals surface area contributed by atoms with Gasteiger partial charge in [-0.1, -0.05) is 44.2 Å². The first-order chi connectivity index (χ1) is 8.08. The van der Waals surface area contributed by atoms with Crippen molar-refractivity contribution in [3.63, 3.8) is 0 Å². The molecule has 5 nitrogen and oxygen atoms in total. The van der Waals surface area contributed by atoms with Gasteiger partial charge in [-0.25, -0.2) is 0 Å². The smallest absolute Gasteiger partial charge is 0.319 e. The van der Waals surface area contributed by atoms with Gasteiger partial charge in [0.05, 0.1) is 12.7 Å². The number of rotatable bonds is 3. The van der Waals surface area contributed by atoms with Crippen LogP contribution in [0.25, 0.3) is 0 Å². The van der Waals surface area contributed by atoms with Gasteiger partial charge in [-0.3, -0.25) is 0 Å². The lowest BCUT2D eigenvalue weighted by atomic mass is 9.83. The molecule has 7 heteroatoms. The third-order valence-corrected chi connectivity index (χ3v) is 2.26. The van der Waals surface area contributed by atoms with E-state index >= 15 is 0 Å². The van der Waals surface area contributed by atoms with Crippen LogP contribution in [-0.4, -0.2) is 31.5 Å². The van der Waals surface area contributed by atoms with Crippen LogP contribution >= 0.6 is 6.72 Å². The summed E-state index contributed by atoms with van der Waals surface area (Å²) in [6, 6.07) is 9.39. The van der Waals surface area contributed by atoms with Gasteiger partial charge >= 0.3 is 6.72 Å². The van der Waals surface area contributed by atoms with Crippen molar-refractivity contribution in [1.29, 1.82) is 0 Å². The lowest BCUT2D eigenvalue weighted by molar-refractivity contribution is 0.00638. The molecule has 5 N–H and O–H groups in total. The van der Waals surface area contributed by atoms with Gasteiger partial charge in [-0.15, -0.1) is 0 Å². The molecule has 0 heterocycles. The van der Waals surface area contributed by atoms with Crippen LogP contribution in [0, 0.1) is 5.41 Å². The highest BCUT2D eigenvalue weighted by Gasteiger charge is 2.27. The van der Waals surface area contributed by atoms with Crippen molar-refractivity contribution in [2.45, 2.75) is 20.0 Å². The third-order valence-electron chi connectivity index (χ3n) is 2.26. The van der Waals surface area contributed by atoms with Crippen LogP contribution < -0.4 is 0 Å². The summed E-state index contributed by atoms with van der Waals surface area (Å²) in [6.07, 6.45) is -0.612. The molecule has 1 aromatic rings. The first kappa shape index (κ1) is 17.7. The van der Waals surface area contributed by atoms with Gasteiger partial charge in [-0.05, 0) is 17.4 Å². The van der Waals surface area contributed by atoms with Crippen molar-refractivity contribution in [3.05, 3.63) is 35.9 Å². The summed E-state index contributed by atoms with van der Waals surface area (Å²) in [5, 5.41) is 19.0. The van der Waals surface area contributed by atoms with Gasteiger partial charge in [0.25, 0.3) is 0 Å². The molecule has 1 unspecified atom stereocenters. The van der Waals surface area contributed by atoms with Gasteiger partial charge in [0.2, 0.25) is 0 Å². The van der Waals surface area contributed by atoms with E-state index in [1.54, 1.807) is 0 Å². The van der Waals surface area contributed by atoms with E-state index in [0.717, 1.165) is 5.56 Å². The highest BCUT2D eigenvalue weighted by atomic mass is 32.5. The van der Waals surface area contributed by atoms with Crippen molar-refractivity contribution < 1.29 is 24.9 Å². The fourth-order valence-corrected chi connectivity index (χ4v) is 1.17. The van der Waals surface area contributed by atoms with Gasteiger partial charge < -0.3 is 24.9 Å². The molecular weight excluding hydrogens is 275 g/mol. The summed E-state index contributed by atoms with van der Waals surface area (Å²) in [4.78, 5) is 22.7. The predicted molar refractivity (Wildman–Crippen MR) is 73.2 cm³/mol. The van der Waals surface area contributed by atoms with Crippen LogP contribution in [0.1, 0.15) is 25.5 Å². The molecule has 0 spiro atoms. The molecule has 0 bridgehead atoms. The molecule has 0 aromatic heterocycles. The maximum absolute atomic E-state index is 9.89. The molecular formula is C11H19O5PS. The first-order valence-corrected chi connectivity index (χ1v) is 7.86. The van der Waals surface area contributed by atoms with E-state index in [4.69, 9.17) is 19.8 Å². The second kappa shape index (κ2) is 7.31. The second-order valence-electron chi connectivity index (χ2n) is 4.47. The Morgan fingerprint density at radius 2 is 1.56 bits per heavy atom. The van der Waals surface area contributed by atoms with E-state index in [1.165, 1.54) is 0 Å². The molecule has 0 fully saturated rings. The van der Waals surface area contributed by atoms with E-state index in [1.807, 2.05) is 44.2 Å². The Hall–Kier alpha value is -0.330. The van der Waals surface area contributed by atoms with E-state index in [0.29, 0.717) is 0 Å². The zero-order chi connectivity index (χ0) is 14.4. The van der Waals surface area contributed by atoms with E-state index < -0.39 is 18.2 Å². The standard InChI is InChI=1S/C11H16O2.H3O3PS/c1-11(2,8-12)10(13)9-6-4-3-5-7-9;1-4(2,3)5/h3-7,10,12-13H,8H2,1-2H3;(H3,1,2,3,5). The zero-order valence-corrected chi connectivity index (χ0v) is 12.0. The Kier molecular flexibility index (Phi) is 7.17.